The minimum atomic E-state index is -3.87. The third-order valence-electron chi connectivity index (χ3n) is 2.77. The van der Waals surface area contributed by atoms with E-state index in [1.165, 1.54) is 4.40 Å². The molecule has 0 radical (unpaired) electrons. The number of hydrogen-bond acceptors (Lipinski definition) is 5. The second kappa shape index (κ2) is 6.10. The van der Waals surface area contributed by atoms with Gasteiger partial charge in [0.2, 0.25) is 5.91 Å². The van der Waals surface area contributed by atoms with Gasteiger partial charge >= 0.3 is 0 Å². The Morgan fingerprint density at radius 2 is 2.14 bits per heavy atom. The maximum Gasteiger partial charge on any atom is 0.260 e. The monoisotopic (exact) mass is 311 g/mol. The first-order valence-corrected chi connectivity index (χ1v) is 7.89. The number of imidazole rings is 1. The first-order chi connectivity index (χ1) is 9.99. The van der Waals surface area contributed by atoms with Gasteiger partial charge in [-0.05, 0) is 19.1 Å². The Morgan fingerprint density at radius 3 is 2.81 bits per heavy atom. The van der Waals surface area contributed by atoms with Gasteiger partial charge in [0.25, 0.3) is 10.0 Å². The van der Waals surface area contributed by atoms with Crippen LogP contribution in [0.15, 0.2) is 29.4 Å². The van der Waals surface area contributed by atoms with Gasteiger partial charge in [-0.25, -0.2) is 18.1 Å². The van der Waals surface area contributed by atoms with E-state index in [0.29, 0.717) is 12.2 Å². The topological polar surface area (TPSA) is 105 Å². The van der Waals surface area contributed by atoms with Gasteiger partial charge in [-0.3, -0.25) is 9.20 Å². The number of carbonyl (C=O) groups is 1. The minimum absolute atomic E-state index is 0.0232. The molecule has 0 aromatic carbocycles. The molecule has 9 heteroatoms. The van der Waals surface area contributed by atoms with E-state index < -0.39 is 10.0 Å². The zero-order valence-electron chi connectivity index (χ0n) is 11.8. The summed E-state index contributed by atoms with van der Waals surface area (Å²) in [7, 11) is -2.28. The fourth-order valence-electron chi connectivity index (χ4n) is 1.88. The number of rotatable bonds is 6. The van der Waals surface area contributed by atoms with Crippen molar-refractivity contribution >= 4 is 27.4 Å². The molecule has 0 aliphatic carbocycles. The van der Waals surface area contributed by atoms with Crippen molar-refractivity contribution in [3.8, 4) is 0 Å². The van der Waals surface area contributed by atoms with Crippen LogP contribution in [0.25, 0.3) is 5.65 Å². The number of anilines is 1. The number of amides is 1. The molecule has 0 fully saturated rings. The summed E-state index contributed by atoms with van der Waals surface area (Å²) in [5.74, 6) is -0.162. The van der Waals surface area contributed by atoms with Gasteiger partial charge in [-0.2, -0.15) is 0 Å². The summed E-state index contributed by atoms with van der Waals surface area (Å²) in [5, 5.41) is 5.25. The van der Waals surface area contributed by atoms with E-state index in [2.05, 4.69) is 20.3 Å². The fourth-order valence-corrected chi connectivity index (χ4v) is 3.15. The van der Waals surface area contributed by atoms with Crippen LogP contribution in [0.4, 0.5) is 5.82 Å². The zero-order valence-corrected chi connectivity index (χ0v) is 12.6. The van der Waals surface area contributed by atoms with Crippen molar-refractivity contribution < 1.29 is 13.2 Å². The van der Waals surface area contributed by atoms with Gasteiger partial charge < -0.3 is 10.6 Å². The Kier molecular flexibility index (Phi) is 4.43. The summed E-state index contributed by atoms with van der Waals surface area (Å²) in [4.78, 5) is 15.6. The standard InChI is InChI=1S/C12H17N5O3S/c1-3-14-10(18)8-15-21(19,20)12-11(13-2)16-9-6-4-5-7-17(9)12/h4-7,13,15H,3,8H2,1-2H3,(H,14,18). The highest BCUT2D eigenvalue weighted by Crippen LogP contribution is 2.21. The van der Waals surface area contributed by atoms with Crippen molar-refractivity contribution in [2.75, 3.05) is 25.5 Å². The lowest BCUT2D eigenvalue weighted by Gasteiger charge is -2.08. The molecular weight excluding hydrogens is 294 g/mol. The summed E-state index contributed by atoms with van der Waals surface area (Å²) < 4.78 is 28.5. The smallest absolute Gasteiger partial charge is 0.260 e. The van der Waals surface area contributed by atoms with E-state index in [9.17, 15) is 13.2 Å². The number of likely N-dealkylation sites (N-methyl/N-ethyl adjacent to an activating group) is 1. The summed E-state index contributed by atoms with van der Waals surface area (Å²) in [6, 6.07) is 5.17. The summed E-state index contributed by atoms with van der Waals surface area (Å²) in [6.45, 7) is 1.88. The average molecular weight is 311 g/mol. The Labute approximate surface area is 122 Å². The Morgan fingerprint density at radius 1 is 1.38 bits per heavy atom. The number of nitrogens with zero attached hydrogens (tertiary/aromatic N) is 2. The molecule has 2 aromatic heterocycles. The maximum atomic E-state index is 12.4. The third-order valence-corrected chi connectivity index (χ3v) is 4.20. The van der Waals surface area contributed by atoms with Crippen LogP contribution in [0.5, 0.6) is 0 Å². The highest BCUT2D eigenvalue weighted by atomic mass is 32.2. The van der Waals surface area contributed by atoms with Crippen molar-refractivity contribution in [2.45, 2.75) is 11.9 Å². The summed E-state index contributed by atoms with van der Waals surface area (Å²) in [5.41, 5.74) is 0.500. The largest absolute Gasteiger partial charge is 0.371 e. The van der Waals surface area contributed by atoms with E-state index in [1.807, 2.05) is 0 Å². The lowest BCUT2D eigenvalue weighted by Crippen LogP contribution is -2.37. The molecule has 2 aromatic rings. The number of sulfonamides is 1. The first kappa shape index (κ1) is 15.3. The van der Waals surface area contributed by atoms with Gasteiger partial charge in [0.1, 0.15) is 5.65 Å². The zero-order chi connectivity index (χ0) is 15.5. The molecule has 114 valence electrons. The van der Waals surface area contributed by atoms with Crippen molar-refractivity contribution in [1.29, 1.82) is 0 Å². The van der Waals surface area contributed by atoms with E-state index in [4.69, 9.17) is 0 Å². The molecule has 2 rings (SSSR count). The maximum absolute atomic E-state index is 12.4. The molecule has 0 aliphatic rings. The number of carbonyl (C=O) groups excluding carboxylic acids is 1. The molecule has 0 saturated heterocycles. The SMILES string of the molecule is CCNC(=O)CNS(=O)(=O)c1c(NC)nc2ccccn12. The molecule has 0 saturated carbocycles. The second-order valence-corrected chi connectivity index (χ2v) is 5.90. The van der Waals surface area contributed by atoms with Gasteiger partial charge in [-0.15, -0.1) is 0 Å². The molecule has 0 bridgehead atoms. The number of aromatic nitrogens is 2. The van der Waals surface area contributed by atoms with E-state index in [0.717, 1.165) is 0 Å². The van der Waals surface area contributed by atoms with Crippen LogP contribution < -0.4 is 15.4 Å². The highest BCUT2D eigenvalue weighted by molar-refractivity contribution is 7.89. The minimum Gasteiger partial charge on any atom is -0.371 e. The Bertz CT molecular complexity index is 753. The lowest BCUT2D eigenvalue weighted by atomic mass is 10.5. The lowest BCUT2D eigenvalue weighted by molar-refractivity contribution is -0.119. The van der Waals surface area contributed by atoms with E-state index in [-0.39, 0.29) is 23.3 Å². The summed E-state index contributed by atoms with van der Waals surface area (Å²) >= 11 is 0. The first-order valence-electron chi connectivity index (χ1n) is 6.40. The van der Waals surface area contributed by atoms with Crippen LogP contribution >= 0.6 is 0 Å². The molecule has 3 N–H and O–H groups in total. The fraction of sp³-hybridized carbons (Fsp3) is 0.333. The second-order valence-electron chi connectivity index (χ2n) is 4.22. The quantitative estimate of drug-likeness (QED) is 0.685. The molecule has 21 heavy (non-hydrogen) atoms. The molecule has 0 atom stereocenters. The van der Waals surface area contributed by atoms with Gasteiger partial charge in [-0.1, -0.05) is 6.07 Å². The van der Waals surface area contributed by atoms with Crippen LogP contribution in [0.2, 0.25) is 0 Å². The number of nitrogens with one attached hydrogen (secondary N) is 3. The highest BCUT2D eigenvalue weighted by Gasteiger charge is 2.25. The Balaban J connectivity index is 2.37. The van der Waals surface area contributed by atoms with Gasteiger partial charge in [0.05, 0.1) is 6.54 Å². The van der Waals surface area contributed by atoms with Gasteiger partial charge in [0.15, 0.2) is 10.8 Å². The molecule has 8 nitrogen and oxygen atoms in total. The number of pyridine rings is 1. The molecule has 0 spiro atoms. The van der Waals surface area contributed by atoms with E-state index >= 15 is 0 Å². The van der Waals surface area contributed by atoms with E-state index in [1.54, 1.807) is 38.4 Å². The average Bonchev–Trinajstić information content (AvgIpc) is 2.85. The predicted octanol–water partition coefficient (Wildman–Crippen LogP) is -0.210. The van der Waals surface area contributed by atoms with Crippen molar-refractivity contribution in [2.24, 2.45) is 0 Å². The van der Waals surface area contributed by atoms with Crippen molar-refractivity contribution in [1.82, 2.24) is 19.4 Å². The van der Waals surface area contributed by atoms with Gasteiger partial charge in [0, 0.05) is 19.8 Å². The summed E-state index contributed by atoms with van der Waals surface area (Å²) in [6.07, 6.45) is 1.60. The Hall–Kier alpha value is -2.13. The van der Waals surface area contributed by atoms with Crippen LogP contribution in [0.1, 0.15) is 6.92 Å². The molecule has 1 amide bonds. The van der Waals surface area contributed by atoms with Crippen LogP contribution in [-0.2, 0) is 14.8 Å². The predicted molar refractivity (Wildman–Crippen MR) is 78.6 cm³/mol. The van der Waals surface area contributed by atoms with Crippen LogP contribution in [-0.4, -0.2) is 43.8 Å². The normalized spacial score (nSPS) is 11.5. The van der Waals surface area contributed by atoms with Crippen LogP contribution in [0.3, 0.4) is 0 Å². The molecule has 0 aliphatic heterocycles. The molecule has 0 unspecified atom stereocenters. The molecular formula is C12H17N5O3S. The number of fused-ring (bicyclic) bond motifs is 1. The molecule has 2 heterocycles. The number of hydrogen-bond donors (Lipinski definition) is 3. The van der Waals surface area contributed by atoms with Crippen molar-refractivity contribution in [3.05, 3.63) is 24.4 Å². The van der Waals surface area contributed by atoms with Crippen LogP contribution in [0, 0.1) is 0 Å². The van der Waals surface area contributed by atoms with Crippen molar-refractivity contribution in [3.63, 3.8) is 0 Å². The third kappa shape index (κ3) is 3.14.